The Balaban J connectivity index is 2.11. The third-order valence-electron chi connectivity index (χ3n) is 2.77. The molecule has 0 unspecified atom stereocenters. The van der Waals surface area contributed by atoms with Crippen molar-refractivity contribution in [1.29, 1.82) is 0 Å². The summed E-state index contributed by atoms with van der Waals surface area (Å²) in [5, 5.41) is 23.9. The number of nitrogens with one attached hydrogen (secondary N) is 1. The molecule has 0 spiro atoms. The molecule has 2 aromatic rings. The molecule has 0 saturated carbocycles. The minimum Gasteiger partial charge on any atom is -0.379 e. The number of nitrogens with zero attached hydrogens (tertiary/aromatic N) is 2. The molecule has 0 atom stereocenters. The summed E-state index contributed by atoms with van der Waals surface area (Å²) in [5.74, 6) is -0.755. The third kappa shape index (κ3) is 3.50. The van der Waals surface area contributed by atoms with Gasteiger partial charge in [0.05, 0.1) is 21.6 Å². The zero-order valence-electron chi connectivity index (χ0n) is 10.7. The summed E-state index contributed by atoms with van der Waals surface area (Å²) in [6.45, 7) is 0.163. The molecule has 7 nitrogen and oxygen atoms in total. The second-order valence-electron chi connectivity index (χ2n) is 4.20. The largest absolute Gasteiger partial charge is 0.379 e. The molecule has 0 aliphatic carbocycles. The van der Waals surface area contributed by atoms with E-state index in [9.17, 15) is 24.6 Å². The van der Waals surface area contributed by atoms with Crippen LogP contribution >= 0.6 is 0 Å². The Morgan fingerprint density at radius 1 is 1.00 bits per heavy atom. The number of hydrogen-bond donors (Lipinski definition) is 1. The van der Waals surface area contributed by atoms with Crippen LogP contribution in [0.15, 0.2) is 42.5 Å². The van der Waals surface area contributed by atoms with Crippen LogP contribution < -0.4 is 5.32 Å². The highest BCUT2D eigenvalue weighted by atomic mass is 19.1. The average molecular weight is 291 g/mol. The lowest BCUT2D eigenvalue weighted by Crippen LogP contribution is -2.02. The Morgan fingerprint density at radius 2 is 1.67 bits per heavy atom. The van der Waals surface area contributed by atoms with Crippen molar-refractivity contribution in [2.24, 2.45) is 0 Å². The predicted octanol–water partition coefficient (Wildman–Crippen LogP) is 3.25. The summed E-state index contributed by atoms with van der Waals surface area (Å²) in [5.41, 5.74) is 0.293. The van der Waals surface area contributed by atoms with Crippen LogP contribution in [0.1, 0.15) is 5.56 Å². The van der Waals surface area contributed by atoms with Gasteiger partial charge in [-0.2, -0.15) is 0 Å². The van der Waals surface area contributed by atoms with E-state index >= 15 is 0 Å². The van der Waals surface area contributed by atoms with E-state index in [1.807, 2.05) is 0 Å². The molecular formula is C13H10FN3O4. The Hall–Kier alpha value is -3.03. The van der Waals surface area contributed by atoms with Gasteiger partial charge in [0.15, 0.2) is 5.82 Å². The number of non-ortho nitro benzene ring substituents is 2. The van der Waals surface area contributed by atoms with Crippen molar-refractivity contribution in [3.05, 3.63) is 74.1 Å². The van der Waals surface area contributed by atoms with E-state index in [4.69, 9.17) is 0 Å². The van der Waals surface area contributed by atoms with Gasteiger partial charge in [-0.3, -0.25) is 20.2 Å². The molecule has 0 aliphatic rings. The quantitative estimate of drug-likeness (QED) is 0.673. The lowest BCUT2D eigenvalue weighted by Gasteiger charge is -2.07. The predicted molar refractivity (Wildman–Crippen MR) is 73.5 cm³/mol. The van der Waals surface area contributed by atoms with Gasteiger partial charge in [-0.15, -0.1) is 0 Å². The minimum absolute atomic E-state index is 0.0570. The summed E-state index contributed by atoms with van der Waals surface area (Å²) in [6, 6.07) is 9.16. The lowest BCUT2D eigenvalue weighted by atomic mass is 10.2. The summed E-state index contributed by atoms with van der Waals surface area (Å²) < 4.78 is 13.6. The molecule has 8 heteroatoms. The number of nitro groups is 2. The fourth-order valence-corrected chi connectivity index (χ4v) is 1.74. The van der Waals surface area contributed by atoms with Gasteiger partial charge in [-0.25, -0.2) is 4.39 Å². The monoisotopic (exact) mass is 291 g/mol. The van der Waals surface area contributed by atoms with Crippen LogP contribution in [0, 0.1) is 26.0 Å². The Kier molecular flexibility index (Phi) is 4.07. The van der Waals surface area contributed by atoms with E-state index in [0.717, 1.165) is 6.07 Å². The highest BCUT2D eigenvalue weighted by molar-refractivity contribution is 5.50. The fourth-order valence-electron chi connectivity index (χ4n) is 1.74. The van der Waals surface area contributed by atoms with E-state index in [2.05, 4.69) is 5.32 Å². The summed E-state index contributed by atoms with van der Waals surface area (Å²) in [4.78, 5) is 19.9. The molecule has 108 valence electrons. The molecule has 21 heavy (non-hydrogen) atoms. The maximum atomic E-state index is 13.6. The summed E-state index contributed by atoms with van der Waals surface area (Å²) in [7, 11) is 0. The second-order valence-corrected chi connectivity index (χ2v) is 4.20. The van der Waals surface area contributed by atoms with Gasteiger partial charge in [0.2, 0.25) is 0 Å². The summed E-state index contributed by atoms with van der Waals surface area (Å²) in [6.07, 6.45) is 0. The SMILES string of the molecule is O=[N+]([O-])c1cccc(CNc2ccc([N+](=O)[O-])cc2F)c1. The first kappa shape index (κ1) is 14.4. The molecule has 0 aliphatic heterocycles. The number of nitro benzene ring substituents is 2. The lowest BCUT2D eigenvalue weighted by molar-refractivity contribution is -0.385. The smallest absolute Gasteiger partial charge is 0.272 e. The highest BCUT2D eigenvalue weighted by Crippen LogP contribution is 2.21. The Bertz CT molecular complexity index is 706. The molecular weight excluding hydrogens is 281 g/mol. The maximum absolute atomic E-state index is 13.6. The summed E-state index contributed by atoms with van der Waals surface area (Å²) >= 11 is 0. The zero-order chi connectivity index (χ0) is 15.4. The van der Waals surface area contributed by atoms with Crippen molar-refractivity contribution in [3.8, 4) is 0 Å². The second kappa shape index (κ2) is 5.95. The molecule has 0 heterocycles. The third-order valence-corrected chi connectivity index (χ3v) is 2.77. The first-order chi connectivity index (χ1) is 9.97. The highest BCUT2D eigenvalue weighted by Gasteiger charge is 2.11. The van der Waals surface area contributed by atoms with Gasteiger partial charge < -0.3 is 5.32 Å². The van der Waals surface area contributed by atoms with Gasteiger partial charge >= 0.3 is 0 Å². The molecule has 0 fully saturated rings. The molecule has 0 amide bonds. The zero-order valence-corrected chi connectivity index (χ0v) is 10.7. The molecule has 0 bridgehead atoms. The van der Waals surface area contributed by atoms with Crippen LogP contribution in [-0.2, 0) is 6.54 Å². The van der Waals surface area contributed by atoms with Crippen LogP contribution in [0.4, 0.5) is 21.5 Å². The van der Waals surface area contributed by atoms with E-state index in [1.165, 1.54) is 30.3 Å². The van der Waals surface area contributed by atoms with E-state index < -0.39 is 15.7 Å². The fraction of sp³-hybridized carbons (Fsp3) is 0.0769. The van der Waals surface area contributed by atoms with Crippen LogP contribution in [0.3, 0.4) is 0 Å². The van der Waals surface area contributed by atoms with Crippen molar-refractivity contribution in [2.75, 3.05) is 5.32 Å². The Morgan fingerprint density at radius 3 is 2.29 bits per heavy atom. The molecule has 1 N–H and O–H groups in total. The number of benzene rings is 2. The first-order valence-corrected chi connectivity index (χ1v) is 5.88. The number of rotatable bonds is 5. The number of anilines is 1. The van der Waals surface area contributed by atoms with Crippen LogP contribution in [-0.4, -0.2) is 9.85 Å². The maximum Gasteiger partial charge on any atom is 0.272 e. The van der Waals surface area contributed by atoms with E-state index in [1.54, 1.807) is 6.07 Å². The van der Waals surface area contributed by atoms with Gasteiger partial charge in [0.25, 0.3) is 11.4 Å². The first-order valence-electron chi connectivity index (χ1n) is 5.88. The van der Waals surface area contributed by atoms with E-state index in [0.29, 0.717) is 5.56 Å². The normalized spacial score (nSPS) is 10.1. The number of halogens is 1. The van der Waals surface area contributed by atoms with Crippen molar-refractivity contribution in [1.82, 2.24) is 0 Å². The molecule has 2 aromatic carbocycles. The minimum atomic E-state index is -0.755. The van der Waals surface area contributed by atoms with Crippen LogP contribution in [0.2, 0.25) is 0 Å². The molecule has 0 radical (unpaired) electrons. The average Bonchev–Trinajstić information content (AvgIpc) is 2.46. The molecule has 0 saturated heterocycles. The van der Waals surface area contributed by atoms with Crippen molar-refractivity contribution in [2.45, 2.75) is 6.54 Å². The van der Waals surface area contributed by atoms with Crippen molar-refractivity contribution >= 4 is 17.1 Å². The standard InChI is InChI=1S/C13H10FN3O4/c14-12-7-11(17(20)21)4-5-13(12)15-8-9-2-1-3-10(6-9)16(18)19/h1-7,15H,8H2. The molecule has 0 aromatic heterocycles. The van der Waals surface area contributed by atoms with Crippen LogP contribution in [0.25, 0.3) is 0 Å². The van der Waals surface area contributed by atoms with Crippen molar-refractivity contribution in [3.63, 3.8) is 0 Å². The molecule has 2 rings (SSSR count). The van der Waals surface area contributed by atoms with Crippen molar-refractivity contribution < 1.29 is 14.2 Å². The van der Waals surface area contributed by atoms with Crippen LogP contribution in [0.5, 0.6) is 0 Å². The van der Waals surface area contributed by atoms with E-state index in [-0.39, 0.29) is 23.6 Å². The van der Waals surface area contributed by atoms with Gasteiger partial charge in [-0.05, 0) is 11.6 Å². The topological polar surface area (TPSA) is 98.3 Å². The van der Waals surface area contributed by atoms with Gasteiger partial charge in [0, 0.05) is 24.7 Å². The van der Waals surface area contributed by atoms with Gasteiger partial charge in [0.1, 0.15) is 0 Å². The Labute approximate surface area is 118 Å². The van der Waals surface area contributed by atoms with Gasteiger partial charge in [-0.1, -0.05) is 12.1 Å². The number of hydrogen-bond acceptors (Lipinski definition) is 5.